The fourth-order valence-electron chi connectivity index (χ4n) is 4.46. The van der Waals surface area contributed by atoms with Crippen LogP contribution in [0.15, 0.2) is 18.3 Å². The van der Waals surface area contributed by atoms with Gasteiger partial charge in [0.25, 0.3) is 12.3 Å². The van der Waals surface area contributed by atoms with E-state index in [1.165, 1.54) is 15.1 Å². The highest BCUT2D eigenvalue weighted by Crippen LogP contribution is 2.32. The van der Waals surface area contributed by atoms with Gasteiger partial charge in [-0.3, -0.25) is 4.90 Å². The molecule has 2 aliphatic rings. The molecule has 10 nitrogen and oxygen atoms in total. The van der Waals surface area contributed by atoms with Crippen LogP contribution in [-0.2, 0) is 11.3 Å². The number of halogens is 5. The van der Waals surface area contributed by atoms with E-state index in [1.807, 2.05) is 4.90 Å². The lowest BCUT2D eigenvalue weighted by molar-refractivity contribution is -0.0707. The molecule has 0 bridgehead atoms. The van der Waals surface area contributed by atoms with Gasteiger partial charge in [0.2, 0.25) is 5.95 Å². The summed E-state index contributed by atoms with van der Waals surface area (Å²) in [6.45, 7) is 2.78. The van der Waals surface area contributed by atoms with Crippen molar-refractivity contribution < 1.29 is 26.7 Å². The first-order valence-electron chi connectivity index (χ1n) is 11.4. The number of rotatable bonds is 4. The molecule has 198 valence electrons. The van der Waals surface area contributed by atoms with Crippen LogP contribution in [0.1, 0.15) is 12.2 Å². The number of pyridine rings is 1. The number of alkyl halides is 4. The van der Waals surface area contributed by atoms with E-state index in [4.69, 9.17) is 16.2 Å². The zero-order valence-electron chi connectivity index (χ0n) is 19.7. The van der Waals surface area contributed by atoms with Crippen molar-refractivity contribution in [1.29, 1.82) is 0 Å². The van der Waals surface area contributed by atoms with Gasteiger partial charge < -0.3 is 20.8 Å². The van der Waals surface area contributed by atoms with Gasteiger partial charge >= 0.3 is 0 Å². The van der Waals surface area contributed by atoms with Crippen LogP contribution in [-0.4, -0.2) is 78.7 Å². The highest BCUT2D eigenvalue weighted by atomic mass is 19.3. The minimum absolute atomic E-state index is 0.0174. The van der Waals surface area contributed by atoms with Crippen LogP contribution in [0.4, 0.5) is 33.7 Å². The number of aromatic nitrogens is 6. The van der Waals surface area contributed by atoms with Gasteiger partial charge in [0.05, 0.1) is 49.8 Å². The molecule has 2 aliphatic heterocycles. The van der Waals surface area contributed by atoms with E-state index in [2.05, 4.69) is 20.1 Å². The molecular weight excluding hydrogens is 501 g/mol. The first-order chi connectivity index (χ1) is 17.5. The molecule has 6 rings (SSSR count). The first kappa shape index (κ1) is 25.1. The average molecular weight is 525 g/mol. The van der Waals surface area contributed by atoms with Crippen LogP contribution >= 0.6 is 0 Å². The maximum absolute atomic E-state index is 14.6. The molecule has 0 unspecified atom stereocenters. The van der Waals surface area contributed by atoms with Gasteiger partial charge in [0.15, 0.2) is 17.3 Å². The Hall–Kier alpha value is -3.59. The predicted octanol–water partition coefficient (Wildman–Crippen LogP) is 2.74. The van der Waals surface area contributed by atoms with Crippen molar-refractivity contribution in [1.82, 2.24) is 34.0 Å². The molecule has 15 heteroatoms. The summed E-state index contributed by atoms with van der Waals surface area (Å²) in [4.78, 5) is 14.2. The molecule has 4 aromatic rings. The zero-order chi connectivity index (χ0) is 26.5. The number of hydrogen-bond acceptors (Lipinski definition) is 8. The van der Waals surface area contributed by atoms with Gasteiger partial charge in [-0.05, 0) is 19.1 Å². The minimum atomic E-state index is -2.57. The standard InChI is InChI=1S/C15H13F3N8.C7H11F2NO/c1-6-21-9-3-2-8(22-14(9)25(6)5-10(17)18)11-7(16)4-26-12(11)13(19)23-15(20)24-26;8-7(9)1-2-10(5-7)6-3-11-4-6/h2-4,10H,5H2,1H3,(H4,19,20,23,24);6H,1-5H2. The monoisotopic (exact) mass is 525 g/mol. The molecule has 0 aromatic carbocycles. The third-order valence-corrected chi connectivity index (χ3v) is 6.32. The molecule has 0 aliphatic carbocycles. The number of hydrogen-bond donors (Lipinski definition) is 2. The van der Waals surface area contributed by atoms with Crippen LogP contribution in [0.2, 0.25) is 0 Å². The molecular formula is C22H24F5N9O. The Balaban J connectivity index is 0.000000212. The summed E-state index contributed by atoms with van der Waals surface area (Å²) in [5.41, 5.74) is 12.5. The summed E-state index contributed by atoms with van der Waals surface area (Å²) >= 11 is 0. The maximum Gasteiger partial charge on any atom is 0.261 e. The van der Waals surface area contributed by atoms with Crippen molar-refractivity contribution in [2.45, 2.75) is 38.3 Å². The molecule has 0 atom stereocenters. The third-order valence-electron chi connectivity index (χ3n) is 6.32. The lowest BCUT2D eigenvalue weighted by Crippen LogP contribution is -2.48. The van der Waals surface area contributed by atoms with Gasteiger partial charge in [-0.1, -0.05) is 0 Å². The number of nitrogen functional groups attached to an aromatic ring is 2. The van der Waals surface area contributed by atoms with Crippen molar-refractivity contribution in [3.63, 3.8) is 0 Å². The first-order valence-corrected chi connectivity index (χ1v) is 11.4. The Labute approximate surface area is 207 Å². The van der Waals surface area contributed by atoms with Crippen molar-refractivity contribution >= 4 is 28.4 Å². The van der Waals surface area contributed by atoms with Crippen LogP contribution < -0.4 is 11.5 Å². The van der Waals surface area contributed by atoms with Crippen molar-refractivity contribution in [3.8, 4) is 11.3 Å². The van der Waals surface area contributed by atoms with Gasteiger partial charge in [-0.2, -0.15) is 4.98 Å². The van der Waals surface area contributed by atoms with E-state index in [0.717, 1.165) is 6.20 Å². The van der Waals surface area contributed by atoms with E-state index in [1.54, 1.807) is 13.0 Å². The summed E-state index contributed by atoms with van der Waals surface area (Å²) < 4.78 is 72.9. The number of likely N-dealkylation sites (tertiary alicyclic amines) is 1. The smallest absolute Gasteiger partial charge is 0.261 e. The molecule has 6 heterocycles. The van der Waals surface area contributed by atoms with Gasteiger partial charge in [-0.15, -0.1) is 5.10 Å². The topological polar surface area (TPSA) is 125 Å². The predicted molar refractivity (Wildman–Crippen MR) is 125 cm³/mol. The second-order valence-corrected chi connectivity index (χ2v) is 8.97. The highest BCUT2D eigenvalue weighted by Gasteiger charge is 2.42. The minimum Gasteiger partial charge on any atom is -0.382 e. The van der Waals surface area contributed by atoms with Crippen molar-refractivity contribution in [2.75, 3.05) is 37.8 Å². The largest absolute Gasteiger partial charge is 0.382 e. The molecule has 0 saturated carbocycles. The number of nitrogens with two attached hydrogens (primary N) is 2. The Kier molecular flexibility index (Phi) is 6.35. The quantitative estimate of drug-likeness (QED) is 0.390. The molecule has 4 aromatic heterocycles. The maximum atomic E-state index is 14.6. The number of fused-ring (bicyclic) bond motifs is 2. The second kappa shape index (κ2) is 9.37. The van der Waals surface area contributed by atoms with E-state index >= 15 is 0 Å². The lowest BCUT2D eigenvalue weighted by Gasteiger charge is -2.34. The molecule has 0 spiro atoms. The Morgan fingerprint density at radius 1 is 1.16 bits per heavy atom. The number of anilines is 2. The van der Waals surface area contributed by atoms with Crippen molar-refractivity contribution in [2.24, 2.45) is 0 Å². The fraction of sp³-hybridized carbons (Fsp3) is 0.455. The Bertz CT molecular complexity index is 1450. The highest BCUT2D eigenvalue weighted by molar-refractivity contribution is 5.88. The van der Waals surface area contributed by atoms with E-state index < -0.39 is 24.7 Å². The molecule has 0 amide bonds. The summed E-state index contributed by atoms with van der Waals surface area (Å²) in [6.07, 6.45) is -1.45. The Morgan fingerprint density at radius 3 is 2.54 bits per heavy atom. The summed E-state index contributed by atoms with van der Waals surface area (Å²) in [5.74, 6) is -2.82. The molecule has 2 saturated heterocycles. The zero-order valence-corrected chi connectivity index (χ0v) is 19.7. The van der Waals surface area contributed by atoms with E-state index in [0.29, 0.717) is 31.1 Å². The van der Waals surface area contributed by atoms with E-state index in [9.17, 15) is 22.0 Å². The molecule has 37 heavy (non-hydrogen) atoms. The second-order valence-electron chi connectivity index (χ2n) is 8.97. The SMILES string of the molecule is Cc1nc2ccc(-c3c(F)cn4nc(N)nc(N)c34)nc2n1CC(F)F.FC1(F)CCN(C2COC2)C1. The summed E-state index contributed by atoms with van der Waals surface area (Å²) in [7, 11) is 0. The number of imidazole rings is 1. The Morgan fingerprint density at radius 2 is 1.92 bits per heavy atom. The van der Waals surface area contributed by atoms with Crippen molar-refractivity contribution in [3.05, 3.63) is 30.0 Å². The normalized spacial score (nSPS) is 17.9. The van der Waals surface area contributed by atoms with Crippen LogP contribution in [0, 0.1) is 12.7 Å². The summed E-state index contributed by atoms with van der Waals surface area (Å²) in [6, 6.07) is 3.39. The average Bonchev–Trinajstić information content (AvgIpc) is 3.39. The number of ether oxygens (including phenoxy) is 1. The van der Waals surface area contributed by atoms with Crippen LogP contribution in [0.25, 0.3) is 27.9 Å². The number of nitrogens with zero attached hydrogens (tertiary/aromatic N) is 7. The van der Waals surface area contributed by atoms with Gasteiger partial charge in [0.1, 0.15) is 16.9 Å². The van der Waals surface area contributed by atoms with Crippen LogP contribution in [0.3, 0.4) is 0 Å². The molecule has 4 N–H and O–H groups in total. The van der Waals surface area contributed by atoms with Gasteiger partial charge in [-0.25, -0.2) is 36.4 Å². The van der Waals surface area contributed by atoms with Crippen LogP contribution in [0.5, 0.6) is 0 Å². The summed E-state index contributed by atoms with van der Waals surface area (Å²) in [5, 5.41) is 3.89. The fourth-order valence-corrected chi connectivity index (χ4v) is 4.46. The van der Waals surface area contributed by atoms with E-state index in [-0.39, 0.29) is 53.2 Å². The molecule has 0 radical (unpaired) electrons. The number of aryl methyl sites for hydroxylation is 1. The lowest BCUT2D eigenvalue weighted by atomic mass is 10.1. The molecule has 2 fully saturated rings. The van der Waals surface area contributed by atoms with Gasteiger partial charge in [0, 0.05) is 13.0 Å². The third kappa shape index (κ3) is 4.87.